The zero-order valence-corrected chi connectivity index (χ0v) is 10.1. The Balaban J connectivity index is 2.08. The number of hydrogen-bond acceptors (Lipinski definition) is 2. The van der Waals surface area contributed by atoms with Crippen LogP contribution in [0.3, 0.4) is 0 Å². The summed E-state index contributed by atoms with van der Waals surface area (Å²) in [6, 6.07) is 4.20. The summed E-state index contributed by atoms with van der Waals surface area (Å²) in [6.07, 6.45) is 1.92. The first-order valence-corrected chi connectivity index (χ1v) is 5.51. The van der Waals surface area contributed by atoms with E-state index in [1.807, 2.05) is 6.20 Å². The molecule has 0 atom stereocenters. The normalized spacial score (nSPS) is 19.8. The Hall–Kier alpha value is -0.320. The van der Waals surface area contributed by atoms with Gasteiger partial charge >= 0.3 is 0 Å². The summed E-state index contributed by atoms with van der Waals surface area (Å²) in [4.78, 5) is 6.70. The van der Waals surface area contributed by atoms with Gasteiger partial charge in [-0.25, -0.2) is 4.98 Å². The molecule has 1 aromatic heterocycles. The van der Waals surface area contributed by atoms with Gasteiger partial charge in [0.25, 0.3) is 0 Å². The number of anilines is 1. The van der Waals surface area contributed by atoms with Crippen LogP contribution in [0.4, 0.5) is 5.82 Å². The van der Waals surface area contributed by atoms with E-state index in [1.54, 1.807) is 0 Å². The molecule has 0 unspecified atom stereocenters. The highest BCUT2D eigenvalue weighted by molar-refractivity contribution is 14.1. The molecule has 0 radical (unpaired) electrons. The van der Waals surface area contributed by atoms with Gasteiger partial charge in [0, 0.05) is 22.9 Å². The monoisotopic (exact) mass is 288 g/mol. The van der Waals surface area contributed by atoms with Crippen LogP contribution in [0.1, 0.15) is 13.8 Å². The average molecular weight is 288 g/mol. The number of aromatic nitrogens is 1. The molecule has 2 rings (SSSR count). The third-order valence-corrected chi connectivity index (χ3v) is 2.91. The molecule has 3 heteroatoms. The minimum atomic E-state index is 0.477. The van der Waals surface area contributed by atoms with Crippen LogP contribution in [0, 0.1) is 8.99 Å². The van der Waals surface area contributed by atoms with Gasteiger partial charge in [0.05, 0.1) is 0 Å². The lowest BCUT2D eigenvalue weighted by atomic mass is 9.84. The molecule has 2 heterocycles. The molecule has 1 aliphatic rings. The molecule has 2 nitrogen and oxygen atoms in total. The van der Waals surface area contributed by atoms with Gasteiger partial charge in [0.15, 0.2) is 0 Å². The van der Waals surface area contributed by atoms with Crippen LogP contribution in [0.2, 0.25) is 0 Å². The first kappa shape index (κ1) is 9.24. The quantitative estimate of drug-likeness (QED) is 0.738. The number of pyridine rings is 1. The first-order valence-electron chi connectivity index (χ1n) is 4.43. The largest absolute Gasteiger partial charge is 0.355 e. The molecule has 1 aromatic rings. The Kier molecular flexibility index (Phi) is 2.21. The lowest BCUT2D eigenvalue weighted by Crippen LogP contribution is -2.53. The molecule has 0 bridgehead atoms. The number of hydrogen-bond donors (Lipinski definition) is 0. The molecular weight excluding hydrogens is 275 g/mol. The van der Waals surface area contributed by atoms with Gasteiger partial charge in [0.1, 0.15) is 5.82 Å². The standard InChI is InChI=1S/C10H13IN2/c1-10(2)6-13(7-10)9-4-3-8(11)5-12-9/h3-5H,6-7H2,1-2H3. The molecule has 1 aliphatic heterocycles. The van der Waals surface area contributed by atoms with E-state index in [1.165, 1.54) is 3.57 Å². The van der Waals surface area contributed by atoms with Crippen LogP contribution in [0.5, 0.6) is 0 Å². The molecule has 0 saturated carbocycles. The van der Waals surface area contributed by atoms with Gasteiger partial charge in [-0.3, -0.25) is 0 Å². The minimum absolute atomic E-state index is 0.477. The Morgan fingerprint density at radius 1 is 1.38 bits per heavy atom. The van der Waals surface area contributed by atoms with Crippen LogP contribution in [0.25, 0.3) is 0 Å². The summed E-state index contributed by atoms with van der Waals surface area (Å²) in [5.41, 5.74) is 0.477. The topological polar surface area (TPSA) is 16.1 Å². The Bertz CT molecular complexity index is 297. The SMILES string of the molecule is CC1(C)CN(c2ccc(I)cn2)C1. The van der Waals surface area contributed by atoms with Crippen molar-refractivity contribution in [2.24, 2.45) is 5.41 Å². The fraction of sp³-hybridized carbons (Fsp3) is 0.500. The van der Waals surface area contributed by atoms with Gasteiger partial charge in [-0.05, 0) is 40.1 Å². The smallest absolute Gasteiger partial charge is 0.128 e. The van der Waals surface area contributed by atoms with Gasteiger partial charge < -0.3 is 4.90 Å². The van der Waals surface area contributed by atoms with Crippen molar-refractivity contribution in [1.82, 2.24) is 4.98 Å². The third-order valence-electron chi connectivity index (χ3n) is 2.27. The second kappa shape index (κ2) is 3.12. The van der Waals surface area contributed by atoms with E-state index in [-0.39, 0.29) is 0 Å². The molecule has 1 saturated heterocycles. The van der Waals surface area contributed by atoms with E-state index in [0.717, 1.165) is 18.9 Å². The molecule has 13 heavy (non-hydrogen) atoms. The molecular formula is C10H13IN2. The van der Waals surface area contributed by atoms with Gasteiger partial charge in [-0.15, -0.1) is 0 Å². The van der Waals surface area contributed by atoms with Crippen molar-refractivity contribution in [2.75, 3.05) is 18.0 Å². The second-order valence-electron chi connectivity index (χ2n) is 4.35. The van der Waals surface area contributed by atoms with Crippen molar-refractivity contribution in [1.29, 1.82) is 0 Å². The van der Waals surface area contributed by atoms with Crippen molar-refractivity contribution in [3.8, 4) is 0 Å². The van der Waals surface area contributed by atoms with E-state index >= 15 is 0 Å². The van der Waals surface area contributed by atoms with Crippen LogP contribution in [-0.4, -0.2) is 18.1 Å². The number of halogens is 1. The highest BCUT2D eigenvalue weighted by Crippen LogP contribution is 2.32. The first-order chi connectivity index (χ1) is 6.07. The zero-order chi connectivity index (χ0) is 9.47. The lowest BCUT2D eigenvalue weighted by Gasteiger charge is -2.46. The predicted molar refractivity (Wildman–Crippen MR) is 62.9 cm³/mol. The van der Waals surface area contributed by atoms with Crippen molar-refractivity contribution in [3.05, 3.63) is 21.9 Å². The van der Waals surface area contributed by atoms with Crippen molar-refractivity contribution in [2.45, 2.75) is 13.8 Å². The van der Waals surface area contributed by atoms with Gasteiger partial charge in [-0.1, -0.05) is 13.8 Å². The maximum Gasteiger partial charge on any atom is 0.128 e. The number of nitrogens with zero attached hydrogens (tertiary/aromatic N) is 2. The summed E-state index contributed by atoms with van der Waals surface area (Å²) >= 11 is 2.28. The molecule has 0 spiro atoms. The van der Waals surface area contributed by atoms with Crippen molar-refractivity contribution in [3.63, 3.8) is 0 Å². The summed E-state index contributed by atoms with van der Waals surface area (Å²) < 4.78 is 1.20. The molecule has 0 amide bonds. The Labute approximate surface area is 92.5 Å². The minimum Gasteiger partial charge on any atom is -0.355 e. The summed E-state index contributed by atoms with van der Waals surface area (Å²) in [5.74, 6) is 1.11. The van der Waals surface area contributed by atoms with E-state index in [0.29, 0.717) is 5.41 Å². The van der Waals surface area contributed by atoms with E-state index in [2.05, 4.69) is 58.5 Å². The third kappa shape index (κ3) is 1.95. The van der Waals surface area contributed by atoms with E-state index in [4.69, 9.17) is 0 Å². The Morgan fingerprint density at radius 2 is 2.08 bits per heavy atom. The van der Waals surface area contributed by atoms with Crippen LogP contribution < -0.4 is 4.90 Å². The highest BCUT2D eigenvalue weighted by Gasteiger charge is 2.34. The van der Waals surface area contributed by atoms with E-state index in [9.17, 15) is 0 Å². The van der Waals surface area contributed by atoms with Crippen molar-refractivity contribution < 1.29 is 0 Å². The van der Waals surface area contributed by atoms with Crippen LogP contribution >= 0.6 is 22.6 Å². The maximum absolute atomic E-state index is 4.38. The summed E-state index contributed by atoms with van der Waals surface area (Å²) in [6.45, 7) is 6.83. The van der Waals surface area contributed by atoms with Gasteiger partial charge in [-0.2, -0.15) is 0 Å². The fourth-order valence-electron chi connectivity index (χ4n) is 1.70. The van der Waals surface area contributed by atoms with Gasteiger partial charge in [0.2, 0.25) is 0 Å². The molecule has 70 valence electrons. The average Bonchev–Trinajstić information content (AvgIpc) is 2.01. The molecule has 0 aromatic carbocycles. The zero-order valence-electron chi connectivity index (χ0n) is 7.92. The number of rotatable bonds is 1. The molecule has 0 aliphatic carbocycles. The maximum atomic E-state index is 4.38. The predicted octanol–water partition coefficient (Wildman–Crippen LogP) is 2.53. The van der Waals surface area contributed by atoms with Crippen molar-refractivity contribution >= 4 is 28.4 Å². The molecule has 0 N–H and O–H groups in total. The van der Waals surface area contributed by atoms with E-state index < -0.39 is 0 Å². The summed E-state index contributed by atoms with van der Waals surface area (Å²) in [7, 11) is 0. The summed E-state index contributed by atoms with van der Waals surface area (Å²) in [5, 5.41) is 0. The Morgan fingerprint density at radius 3 is 2.54 bits per heavy atom. The molecule has 1 fully saturated rings. The fourth-order valence-corrected chi connectivity index (χ4v) is 2.02. The highest BCUT2D eigenvalue weighted by atomic mass is 127. The lowest BCUT2D eigenvalue weighted by molar-refractivity contribution is 0.274. The van der Waals surface area contributed by atoms with Crippen LogP contribution in [0.15, 0.2) is 18.3 Å². The second-order valence-corrected chi connectivity index (χ2v) is 5.60. The van der Waals surface area contributed by atoms with Crippen LogP contribution in [-0.2, 0) is 0 Å².